The second-order valence-electron chi connectivity index (χ2n) is 11.8. The number of ether oxygens (including phenoxy) is 2. The fourth-order valence-corrected chi connectivity index (χ4v) is 5.20. The minimum Gasteiger partial charge on any atom is -0.489 e. The molecular weight excluding hydrogens is 618 g/mol. The average Bonchev–Trinajstić information content (AvgIpc) is 3.66. The number of hydrogen-bond acceptors (Lipinski definition) is 6. The quantitative estimate of drug-likeness (QED) is 0.123. The molecule has 0 aliphatic heterocycles. The highest BCUT2D eigenvalue weighted by Gasteiger charge is 2.29. The van der Waals surface area contributed by atoms with Gasteiger partial charge in [0.2, 0.25) is 11.8 Å². The van der Waals surface area contributed by atoms with Crippen molar-refractivity contribution < 1.29 is 23.9 Å². The predicted octanol–water partition coefficient (Wildman–Crippen LogP) is 5.77. The van der Waals surface area contributed by atoms with Crippen LogP contribution in [0.2, 0.25) is 0 Å². The molecule has 5 rings (SSSR count). The lowest BCUT2D eigenvalue weighted by Gasteiger charge is -2.27. The molecule has 0 radical (unpaired) electrons. The smallest absolute Gasteiger partial charge is 0.408 e. The topological polar surface area (TPSA) is 126 Å². The first-order valence-corrected chi connectivity index (χ1v) is 16.2. The van der Waals surface area contributed by atoms with Crippen LogP contribution in [0.4, 0.5) is 4.79 Å². The number of hydrogen-bond donors (Lipinski definition) is 3. The number of nitrogens with zero attached hydrogens (tertiary/aromatic N) is 2. The summed E-state index contributed by atoms with van der Waals surface area (Å²) in [6.45, 7) is 2.80. The lowest BCUT2D eigenvalue weighted by atomic mass is 10.0. The summed E-state index contributed by atoms with van der Waals surface area (Å²) in [5.41, 5.74) is 4.32. The summed E-state index contributed by atoms with van der Waals surface area (Å²) >= 11 is 0. The maximum atomic E-state index is 14.2. The van der Waals surface area contributed by atoms with Crippen molar-refractivity contribution >= 4 is 17.9 Å². The van der Waals surface area contributed by atoms with Crippen LogP contribution in [0.1, 0.15) is 40.8 Å². The van der Waals surface area contributed by atoms with Gasteiger partial charge in [0.05, 0.1) is 18.6 Å². The molecule has 3 amide bonds. The molecule has 0 aliphatic rings. The number of carbonyl (C=O) groups excluding carboxylic acids is 3. The van der Waals surface area contributed by atoms with Gasteiger partial charge in [0.25, 0.3) is 0 Å². The van der Waals surface area contributed by atoms with Gasteiger partial charge in [-0.1, -0.05) is 110 Å². The number of aromatic nitrogens is 2. The highest BCUT2D eigenvalue weighted by molar-refractivity contribution is 5.89. The predicted molar refractivity (Wildman–Crippen MR) is 186 cm³/mol. The zero-order valence-electron chi connectivity index (χ0n) is 27.5. The normalized spacial score (nSPS) is 11.9. The maximum Gasteiger partial charge on any atom is 0.408 e. The molecule has 1 unspecified atom stereocenters. The molecule has 252 valence electrons. The lowest BCUT2D eigenvalue weighted by molar-refractivity contribution is -0.138. The van der Waals surface area contributed by atoms with Gasteiger partial charge in [0.15, 0.2) is 0 Å². The molecule has 0 saturated heterocycles. The summed E-state index contributed by atoms with van der Waals surface area (Å²) in [7, 11) is 0. The number of H-pyrrole nitrogens is 1. The Morgan fingerprint density at radius 2 is 1.43 bits per heavy atom. The number of nitrogens with one attached hydrogen (secondary N) is 3. The van der Waals surface area contributed by atoms with Crippen LogP contribution in [0.3, 0.4) is 0 Å². The van der Waals surface area contributed by atoms with Crippen molar-refractivity contribution in [2.24, 2.45) is 0 Å². The molecule has 10 heteroatoms. The van der Waals surface area contributed by atoms with Crippen molar-refractivity contribution in [3.63, 3.8) is 0 Å². The van der Waals surface area contributed by atoms with Gasteiger partial charge in [-0.25, -0.2) is 9.78 Å². The van der Waals surface area contributed by atoms with Crippen molar-refractivity contribution in [3.05, 3.63) is 156 Å². The third-order valence-corrected chi connectivity index (χ3v) is 7.94. The Bertz CT molecular complexity index is 1730. The number of alkyl carbamates (subject to hydrolysis) is 1. The van der Waals surface area contributed by atoms with Gasteiger partial charge in [-0.15, -0.1) is 0 Å². The van der Waals surface area contributed by atoms with Gasteiger partial charge in [-0.05, 0) is 40.3 Å². The fraction of sp³-hybridized carbons (Fsp3) is 0.231. The first-order chi connectivity index (χ1) is 23.9. The van der Waals surface area contributed by atoms with E-state index in [1.165, 1.54) is 11.2 Å². The fourth-order valence-electron chi connectivity index (χ4n) is 5.20. The summed E-state index contributed by atoms with van der Waals surface area (Å²) in [5, 5.41) is 5.69. The summed E-state index contributed by atoms with van der Waals surface area (Å²) in [5.74, 6) is -0.0111. The third kappa shape index (κ3) is 11.1. The number of rotatable bonds is 16. The van der Waals surface area contributed by atoms with E-state index in [4.69, 9.17) is 9.47 Å². The molecular formula is C39H41N5O5. The van der Waals surface area contributed by atoms with E-state index in [1.54, 1.807) is 6.20 Å². The number of imidazole rings is 1. The minimum absolute atomic E-state index is 0.0421. The van der Waals surface area contributed by atoms with E-state index in [2.05, 4.69) is 20.6 Å². The van der Waals surface area contributed by atoms with Crippen LogP contribution < -0.4 is 15.4 Å². The van der Waals surface area contributed by atoms with E-state index in [0.717, 1.165) is 22.3 Å². The van der Waals surface area contributed by atoms with Gasteiger partial charge in [0, 0.05) is 25.7 Å². The van der Waals surface area contributed by atoms with E-state index in [0.29, 0.717) is 24.6 Å². The summed E-state index contributed by atoms with van der Waals surface area (Å²) in [4.78, 5) is 49.1. The average molecular weight is 660 g/mol. The SMILES string of the molecule is CC(CNC(=O)CN(Cc1ccc(OCc2ccccc2)cc1)C(=O)[C@H](Cc1c[nH]cn1)NC(=O)OCc1ccccc1)c1ccccc1. The molecule has 10 nitrogen and oxygen atoms in total. The number of benzene rings is 4. The van der Waals surface area contributed by atoms with Gasteiger partial charge in [0.1, 0.15) is 25.0 Å². The van der Waals surface area contributed by atoms with Crippen LogP contribution in [0.15, 0.2) is 128 Å². The second kappa shape index (κ2) is 17.9. The molecule has 0 fully saturated rings. The van der Waals surface area contributed by atoms with E-state index < -0.39 is 18.0 Å². The van der Waals surface area contributed by atoms with Crippen molar-refractivity contribution in [1.82, 2.24) is 25.5 Å². The summed E-state index contributed by atoms with van der Waals surface area (Å²) in [6, 6.07) is 35.4. The van der Waals surface area contributed by atoms with Gasteiger partial charge >= 0.3 is 6.09 Å². The van der Waals surface area contributed by atoms with Crippen LogP contribution in [-0.2, 0) is 40.5 Å². The van der Waals surface area contributed by atoms with Gasteiger partial charge < -0.3 is 30.0 Å². The molecule has 0 aliphatic carbocycles. The zero-order chi connectivity index (χ0) is 34.3. The Kier molecular flexibility index (Phi) is 12.6. The minimum atomic E-state index is -1.05. The van der Waals surface area contributed by atoms with Crippen molar-refractivity contribution in [3.8, 4) is 5.75 Å². The molecule has 2 atom stereocenters. The molecule has 0 spiro atoms. The highest BCUT2D eigenvalue weighted by Crippen LogP contribution is 2.17. The molecule has 49 heavy (non-hydrogen) atoms. The standard InChI is InChI=1S/C39H41N5O5/c1-29(33-15-9-4-10-16-33)22-41-37(45)25-44(24-30-17-19-35(20-18-30)48-26-31-11-5-2-6-12-31)38(46)36(21-34-23-40-28-42-34)43-39(47)49-27-32-13-7-3-8-14-32/h2-20,23,28-29,36H,21-22,24-27H2,1H3,(H,40,42)(H,41,45)(H,43,47)/t29?,36-/m0/s1. The number of amides is 3. The van der Waals surface area contributed by atoms with Crippen LogP contribution >= 0.6 is 0 Å². The van der Waals surface area contributed by atoms with Crippen LogP contribution in [-0.4, -0.2) is 51.9 Å². The Hall–Kier alpha value is -5.90. The second-order valence-corrected chi connectivity index (χ2v) is 11.8. The van der Waals surface area contributed by atoms with Crippen LogP contribution in [0.5, 0.6) is 5.75 Å². The van der Waals surface area contributed by atoms with E-state index >= 15 is 0 Å². The lowest BCUT2D eigenvalue weighted by Crippen LogP contribution is -2.52. The maximum absolute atomic E-state index is 14.2. The molecule has 0 bridgehead atoms. The number of aromatic amines is 1. The summed E-state index contributed by atoms with van der Waals surface area (Å²) < 4.78 is 11.4. The Morgan fingerprint density at radius 1 is 0.796 bits per heavy atom. The van der Waals surface area contributed by atoms with Crippen molar-refractivity contribution in [2.45, 2.75) is 45.1 Å². The molecule has 1 heterocycles. The van der Waals surface area contributed by atoms with Crippen LogP contribution in [0.25, 0.3) is 0 Å². The summed E-state index contributed by atoms with van der Waals surface area (Å²) in [6.07, 6.45) is 2.51. The highest BCUT2D eigenvalue weighted by atomic mass is 16.5. The third-order valence-electron chi connectivity index (χ3n) is 7.94. The molecule has 1 aromatic heterocycles. The Labute approximate surface area is 286 Å². The Balaban J connectivity index is 1.29. The van der Waals surface area contributed by atoms with Crippen molar-refractivity contribution in [1.29, 1.82) is 0 Å². The molecule has 4 aromatic carbocycles. The van der Waals surface area contributed by atoms with E-state index in [-0.39, 0.29) is 37.9 Å². The van der Waals surface area contributed by atoms with E-state index in [1.807, 2.05) is 122 Å². The molecule has 3 N–H and O–H groups in total. The van der Waals surface area contributed by atoms with Gasteiger partial charge in [-0.2, -0.15) is 0 Å². The first-order valence-electron chi connectivity index (χ1n) is 16.2. The zero-order valence-corrected chi connectivity index (χ0v) is 27.5. The van der Waals surface area contributed by atoms with Crippen LogP contribution in [0, 0.1) is 0 Å². The first kappa shape index (κ1) is 34.4. The number of carbonyl (C=O) groups is 3. The monoisotopic (exact) mass is 659 g/mol. The molecule has 5 aromatic rings. The largest absolute Gasteiger partial charge is 0.489 e. The van der Waals surface area contributed by atoms with Gasteiger partial charge in [-0.3, -0.25) is 9.59 Å². The van der Waals surface area contributed by atoms with E-state index in [9.17, 15) is 14.4 Å². The Morgan fingerprint density at radius 3 is 2.06 bits per heavy atom. The van der Waals surface area contributed by atoms with Crippen molar-refractivity contribution in [2.75, 3.05) is 13.1 Å². The molecule has 0 saturated carbocycles.